The average Bonchev–Trinajstić information content (AvgIpc) is 3.14. The van der Waals surface area contributed by atoms with Gasteiger partial charge in [-0.05, 0) is 48.4 Å². The lowest BCUT2D eigenvalue weighted by Gasteiger charge is -2.08. The summed E-state index contributed by atoms with van der Waals surface area (Å²) in [5, 5.41) is 4.74. The zero-order valence-corrected chi connectivity index (χ0v) is 15.6. The number of aryl methyl sites for hydroxylation is 1. The molecule has 0 aliphatic heterocycles. The zero-order chi connectivity index (χ0) is 18.6. The van der Waals surface area contributed by atoms with Crippen LogP contribution in [0.15, 0.2) is 65.0 Å². The second-order valence-electron chi connectivity index (χ2n) is 5.47. The highest BCUT2D eigenvalue weighted by Gasteiger charge is 2.15. The number of hydrogen-bond acceptors (Lipinski definition) is 5. The number of aromatic nitrogens is 1. The Morgan fingerprint density at radius 3 is 2.35 bits per heavy atom. The lowest BCUT2D eigenvalue weighted by atomic mass is 10.1. The third-order valence-corrected chi connectivity index (χ3v) is 5.87. The number of benzene rings is 2. The van der Waals surface area contributed by atoms with Crippen molar-refractivity contribution in [3.63, 3.8) is 0 Å². The number of carbonyl (C=O) groups excluding carboxylic acids is 1. The standard InChI is InChI=1S/C18H17N3O3S2/c1-2-13-3-5-14(6-4-13)17(22)20-15-7-9-16(10-8-15)26(23,24)21-18-19-11-12-25-18/h3-12H,2H2,1H3,(H,19,21)(H,20,22). The van der Waals surface area contributed by atoms with Crippen molar-refractivity contribution in [1.29, 1.82) is 0 Å². The number of thiazole rings is 1. The first kappa shape index (κ1) is 18.1. The van der Waals surface area contributed by atoms with Crippen LogP contribution in [0.1, 0.15) is 22.8 Å². The van der Waals surface area contributed by atoms with E-state index in [-0.39, 0.29) is 10.8 Å². The summed E-state index contributed by atoms with van der Waals surface area (Å²) in [7, 11) is -3.70. The SMILES string of the molecule is CCc1ccc(C(=O)Nc2ccc(S(=O)(=O)Nc3nccs3)cc2)cc1. The smallest absolute Gasteiger partial charge is 0.263 e. The van der Waals surface area contributed by atoms with Crippen molar-refractivity contribution >= 4 is 38.1 Å². The normalized spacial score (nSPS) is 11.1. The first-order valence-electron chi connectivity index (χ1n) is 7.90. The van der Waals surface area contributed by atoms with Crippen molar-refractivity contribution in [2.24, 2.45) is 0 Å². The molecule has 0 atom stereocenters. The summed E-state index contributed by atoms with van der Waals surface area (Å²) >= 11 is 1.20. The largest absolute Gasteiger partial charge is 0.322 e. The van der Waals surface area contributed by atoms with E-state index < -0.39 is 10.0 Å². The van der Waals surface area contributed by atoms with E-state index in [4.69, 9.17) is 0 Å². The zero-order valence-electron chi connectivity index (χ0n) is 14.0. The van der Waals surface area contributed by atoms with Gasteiger partial charge in [0.1, 0.15) is 0 Å². The van der Waals surface area contributed by atoms with Crippen molar-refractivity contribution in [3.05, 3.63) is 71.2 Å². The van der Waals surface area contributed by atoms with Gasteiger partial charge in [-0.3, -0.25) is 9.52 Å². The minimum atomic E-state index is -3.70. The van der Waals surface area contributed by atoms with Gasteiger partial charge in [-0.1, -0.05) is 19.1 Å². The average molecular weight is 387 g/mol. The summed E-state index contributed by atoms with van der Waals surface area (Å²) in [6, 6.07) is 13.3. The lowest BCUT2D eigenvalue weighted by molar-refractivity contribution is 0.102. The molecule has 2 N–H and O–H groups in total. The van der Waals surface area contributed by atoms with Crippen LogP contribution in [0.5, 0.6) is 0 Å². The molecule has 6 nitrogen and oxygen atoms in total. The molecule has 0 saturated heterocycles. The number of nitrogens with zero attached hydrogens (tertiary/aromatic N) is 1. The van der Waals surface area contributed by atoms with Crippen LogP contribution in [0.4, 0.5) is 10.8 Å². The van der Waals surface area contributed by atoms with E-state index in [1.54, 1.807) is 29.6 Å². The van der Waals surface area contributed by atoms with Crippen LogP contribution in [-0.4, -0.2) is 19.3 Å². The Kier molecular flexibility index (Phi) is 5.34. The summed E-state index contributed by atoms with van der Waals surface area (Å²) in [4.78, 5) is 16.3. The minimum Gasteiger partial charge on any atom is -0.322 e. The van der Waals surface area contributed by atoms with E-state index in [1.807, 2.05) is 19.1 Å². The van der Waals surface area contributed by atoms with Crippen LogP contribution >= 0.6 is 11.3 Å². The fourth-order valence-corrected chi connectivity index (χ4v) is 4.05. The molecule has 3 rings (SSSR count). The highest BCUT2D eigenvalue weighted by Crippen LogP contribution is 2.20. The van der Waals surface area contributed by atoms with Crippen LogP contribution in [0.2, 0.25) is 0 Å². The number of nitrogens with one attached hydrogen (secondary N) is 2. The number of amides is 1. The van der Waals surface area contributed by atoms with Crippen molar-refractivity contribution in [3.8, 4) is 0 Å². The Bertz CT molecular complexity index is 981. The quantitative estimate of drug-likeness (QED) is 0.674. The molecular weight excluding hydrogens is 370 g/mol. The van der Waals surface area contributed by atoms with Gasteiger partial charge in [-0.15, -0.1) is 11.3 Å². The van der Waals surface area contributed by atoms with Gasteiger partial charge in [-0.25, -0.2) is 13.4 Å². The van der Waals surface area contributed by atoms with Gasteiger partial charge in [-0.2, -0.15) is 0 Å². The maximum absolute atomic E-state index is 12.3. The van der Waals surface area contributed by atoms with Crippen molar-refractivity contribution < 1.29 is 13.2 Å². The fraction of sp³-hybridized carbons (Fsp3) is 0.111. The maximum Gasteiger partial charge on any atom is 0.263 e. The number of hydrogen-bond donors (Lipinski definition) is 2. The molecule has 0 fully saturated rings. The van der Waals surface area contributed by atoms with Crippen LogP contribution < -0.4 is 10.0 Å². The minimum absolute atomic E-state index is 0.0954. The van der Waals surface area contributed by atoms with Crippen molar-refractivity contribution in [2.75, 3.05) is 10.0 Å². The van der Waals surface area contributed by atoms with Gasteiger partial charge < -0.3 is 5.32 Å². The van der Waals surface area contributed by atoms with Crippen molar-refractivity contribution in [2.45, 2.75) is 18.2 Å². The summed E-state index contributed by atoms with van der Waals surface area (Å²) in [6.45, 7) is 2.05. The van der Waals surface area contributed by atoms with Gasteiger partial charge >= 0.3 is 0 Å². The van der Waals surface area contributed by atoms with Gasteiger partial charge in [0.15, 0.2) is 5.13 Å². The Morgan fingerprint density at radius 2 is 1.77 bits per heavy atom. The van der Waals surface area contributed by atoms with Gasteiger partial charge in [0, 0.05) is 22.8 Å². The summed E-state index contributed by atoms with van der Waals surface area (Å²) < 4.78 is 27.0. The van der Waals surface area contributed by atoms with E-state index in [0.29, 0.717) is 16.4 Å². The third-order valence-electron chi connectivity index (χ3n) is 3.70. The molecule has 0 aliphatic carbocycles. The molecule has 0 saturated carbocycles. The van der Waals surface area contributed by atoms with Crippen LogP contribution in [-0.2, 0) is 16.4 Å². The van der Waals surface area contributed by atoms with Gasteiger partial charge in [0.05, 0.1) is 4.90 Å². The summed E-state index contributed by atoms with van der Waals surface area (Å²) in [5.74, 6) is -0.246. The maximum atomic E-state index is 12.3. The molecule has 0 radical (unpaired) electrons. The van der Waals surface area contributed by atoms with Crippen molar-refractivity contribution in [1.82, 2.24) is 4.98 Å². The van der Waals surface area contributed by atoms with Crippen LogP contribution in [0.25, 0.3) is 0 Å². The fourth-order valence-electron chi connectivity index (χ4n) is 2.26. The monoisotopic (exact) mass is 387 g/mol. The lowest BCUT2D eigenvalue weighted by Crippen LogP contribution is -2.14. The molecule has 1 aromatic heterocycles. The number of anilines is 2. The molecule has 26 heavy (non-hydrogen) atoms. The van der Waals surface area contributed by atoms with Crippen LogP contribution in [0.3, 0.4) is 0 Å². The number of sulfonamides is 1. The van der Waals surface area contributed by atoms with E-state index in [1.165, 1.54) is 29.7 Å². The molecule has 0 spiro atoms. The molecular formula is C18H17N3O3S2. The Balaban J connectivity index is 1.69. The summed E-state index contributed by atoms with van der Waals surface area (Å²) in [5.41, 5.74) is 2.22. The molecule has 1 amide bonds. The summed E-state index contributed by atoms with van der Waals surface area (Å²) in [6.07, 6.45) is 2.43. The molecule has 8 heteroatoms. The molecule has 3 aromatic rings. The Morgan fingerprint density at radius 1 is 1.08 bits per heavy atom. The topological polar surface area (TPSA) is 88.2 Å². The molecule has 0 unspecified atom stereocenters. The van der Waals surface area contributed by atoms with E-state index in [2.05, 4.69) is 15.0 Å². The second-order valence-corrected chi connectivity index (χ2v) is 8.05. The number of rotatable bonds is 6. The second kappa shape index (κ2) is 7.67. The third kappa shape index (κ3) is 4.27. The predicted octanol–water partition coefficient (Wildman–Crippen LogP) is 3.76. The predicted molar refractivity (Wildman–Crippen MR) is 103 cm³/mol. The first-order chi connectivity index (χ1) is 12.5. The van der Waals surface area contributed by atoms with E-state index in [0.717, 1.165) is 12.0 Å². The molecule has 134 valence electrons. The Labute approximate surface area is 156 Å². The first-order valence-corrected chi connectivity index (χ1v) is 10.3. The Hall–Kier alpha value is -2.71. The molecule has 2 aromatic carbocycles. The number of carbonyl (C=O) groups is 1. The highest BCUT2D eigenvalue weighted by atomic mass is 32.2. The molecule has 1 heterocycles. The van der Waals surface area contributed by atoms with Gasteiger partial charge in [0.2, 0.25) is 0 Å². The molecule has 0 aliphatic rings. The highest BCUT2D eigenvalue weighted by molar-refractivity contribution is 7.93. The van der Waals surface area contributed by atoms with E-state index in [9.17, 15) is 13.2 Å². The molecule has 0 bridgehead atoms. The van der Waals surface area contributed by atoms with Crippen LogP contribution in [0, 0.1) is 0 Å². The van der Waals surface area contributed by atoms with E-state index >= 15 is 0 Å². The van der Waals surface area contributed by atoms with Gasteiger partial charge in [0.25, 0.3) is 15.9 Å².